The summed E-state index contributed by atoms with van der Waals surface area (Å²) in [4.78, 5) is 15.3. The summed E-state index contributed by atoms with van der Waals surface area (Å²) in [6.07, 6.45) is -0.935. The van der Waals surface area contributed by atoms with E-state index in [0.29, 0.717) is 11.3 Å². The SMILES string of the molecule is O=C(NCc1cn2ccccc2n1)NCC(F)(F)F. The standard InChI is InChI=1S/C11H11F3N4O/c12-11(13,14)7-16-10(19)15-5-8-6-18-4-2-1-3-9(18)17-8/h1-4,6H,5,7H2,(H2,15,16,19). The number of nitrogens with zero attached hydrogens (tertiary/aromatic N) is 2. The van der Waals surface area contributed by atoms with E-state index in [1.807, 2.05) is 12.1 Å². The van der Waals surface area contributed by atoms with Crippen LogP contribution in [0.25, 0.3) is 5.65 Å². The minimum Gasteiger partial charge on any atom is -0.332 e. The molecule has 102 valence electrons. The van der Waals surface area contributed by atoms with Crippen LogP contribution in [0.15, 0.2) is 30.6 Å². The predicted molar refractivity (Wildman–Crippen MR) is 61.5 cm³/mol. The number of hydrogen-bond donors (Lipinski definition) is 2. The number of pyridine rings is 1. The third-order valence-electron chi connectivity index (χ3n) is 2.29. The van der Waals surface area contributed by atoms with Crippen LogP contribution in [0.5, 0.6) is 0 Å². The number of carbonyl (C=O) groups excluding carboxylic acids is 1. The molecule has 19 heavy (non-hydrogen) atoms. The molecule has 0 spiro atoms. The Morgan fingerprint density at radius 3 is 2.79 bits per heavy atom. The Balaban J connectivity index is 1.86. The molecule has 0 saturated carbocycles. The first-order chi connectivity index (χ1) is 8.94. The largest absolute Gasteiger partial charge is 0.405 e. The van der Waals surface area contributed by atoms with Gasteiger partial charge in [0.15, 0.2) is 0 Å². The number of carbonyl (C=O) groups is 1. The first-order valence-corrected chi connectivity index (χ1v) is 5.45. The Morgan fingerprint density at radius 2 is 2.11 bits per heavy atom. The van der Waals surface area contributed by atoms with Gasteiger partial charge in [-0.15, -0.1) is 0 Å². The van der Waals surface area contributed by atoms with E-state index in [-0.39, 0.29) is 6.54 Å². The molecule has 8 heteroatoms. The Kier molecular flexibility index (Phi) is 3.59. The molecule has 2 rings (SSSR count). The lowest BCUT2D eigenvalue weighted by Gasteiger charge is -2.08. The van der Waals surface area contributed by atoms with Crippen LogP contribution in [0.4, 0.5) is 18.0 Å². The van der Waals surface area contributed by atoms with Crippen LogP contribution in [0.3, 0.4) is 0 Å². The predicted octanol–water partition coefficient (Wildman–Crippen LogP) is 1.70. The van der Waals surface area contributed by atoms with Crippen LogP contribution in [0.1, 0.15) is 5.69 Å². The number of halogens is 3. The van der Waals surface area contributed by atoms with Crippen LogP contribution in [-0.4, -0.2) is 28.1 Å². The average molecular weight is 272 g/mol. The van der Waals surface area contributed by atoms with Gasteiger partial charge >= 0.3 is 12.2 Å². The van der Waals surface area contributed by atoms with Crippen LogP contribution in [-0.2, 0) is 6.54 Å². The molecule has 2 heterocycles. The maximum atomic E-state index is 11.9. The van der Waals surface area contributed by atoms with Crippen LogP contribution >= 0.6 is 0 Å². The number of alkyl halides is 3. The van der Waals surface area contributed by atoms with E-state index in [9.17, 15) is 18.0 Å². The van der Waals surface area contributed by atoms with Gasteiger partial charge in [0.05, 0.1) is 12.2 Å². The zero-order valence-corrected chi connectivity index (χ0v) is 9.74. The summed E-state index contributed by atoms with van der Waals surface area (Å²) in [5.41, 5.74) is 1.27. The molecule has 0 bridgehead atoms. The first-order valence-electron chi connectivity index (χ1n) is 5.45. The zero-order valence-electron chi connectivity index (χ0n) is 9.74. The Labute approximate surface area is 106 Å². The van der Waals surface area contributed by atoms with Crippen molar-refractivity contribution >= 4 is 11.7 Å². The van der Waals surface area contributed by atoms with Gasteiger partial charge < -0.3 is 15.0 Å². The van der Waals surface area contributed by atoms with Gasteiger partial charge in [-0.25, -0.2) is 9.78 Å². The summed E-state index contributed by atoms with van der Waals surface area (Å²) < 4.78 is 37.3. The minimum atomic E-state index is -4.42. The number of amides is 2. The molecule has 0 aliphatic heterocycles. The van der Waals surface area contributed by atoms with Crippen molar-refractivity contribution in [3.8, 4) is 0 Å². The van der Waals surface area contributed by atoms with Crippen molar-refractivity contribution in [1.82, 2.24) is 20.0 Å². The minimum absolute atomic E-state index is 0.0609. The fourth-order valence-corrected chi connectivity index (χ4v) is 1.49. The molecule has 2 aromatic rings. The summed E-state index contributed by atoms with van der Waals surface area (Å²) in [6, 6.07) is 4.54. The summed E-state index contributed by atoms with van der Waals surface area (Å²) in [5.74, 6) is 0. The molecule has 2 amide bonds. The van der Waals surface area contributed by atoms with Gasteiger partial charge in [-0.1, -0.05) is 6.07 Å². The third-order valence-corrected chi connectivity index (χ3v) is 2.29. The summed E-state index contributed by atoms with van der Waals surface area (Å²) >= 11 is 0. The highest BCUT2D eigenvalue weighted by Gasteiger charge is 2.27. The fourth-order valence-electron chi connectivity index (χ4n) is 1.49. The topological polar surface area (TPSA) is 58.4 Å². The Morgan fingerprint density at radius 1 is 1.32 bits per heavy atom. The highest BCUT2D eigenvalue weighted by Crippen LogP contribution is 2.12. The van der Waals surface area contributed by atoms with Gasteiger partial charge in [0, 0.05) is 12.4 Å². The van der Waals surface area contributed by atoms with Crippen molar-refractivity contribution in [2.75, 3.05) is 6.54 Å². The van der Waals surface area contributed by atoms with E-state index in [4.69, 9.17) is 0 Å². The Hall–Kier alpha value is -2.25. The number of rotatable bonds is 3. The highest BCUT2D eigenvalue weighted by atomic mass is 19.4. The summed E-state index contributed by atoms with van der Waals surface area (Å²) in [5, 5.41) is 4.02. The van der Waals surface area contributed by atoms with Gasteiger partial charge in [-0.05, 0) is 12.1 Å². The van der Waals surface area contributed by atoms with E-state index in [1.54, 1.807) is 28.2 Å². The number of aromatic nitrogens is 2. The molecule has 0 aromatic carbocycles. The van der Waals surface area contributed by atoms with Crippen LogP contribution < -0.4 is 10.6 Å². The maximum Gasteiger partial charge on any atom is 0.405 e. The third kappa shape index (κ3) is 3.87. The maximum absolute atomic E-state index is 11.9. The van der Waals surface area contributed by atoms with Gasteiger partial charge in [0.25, 0.3) is 0 Å². The fraction of sp³-hybridized carbons (Fsp3) is 0.273. The van der Waals surface area contributed by atoms with Crippen molar-refractivity contribution in [2.45, 2.75) is 12.7 Å². The Bertz CT molecular complexity index is 546. The summed E-state index contributed by atoms with van der Waals surface area (Å²) in [7, 11) is 0. The van der Waals surface area contributed by atoms with E-state index in [0.717, 1.165) is 0 Å². The normalized spacial score (nSPS) is 11.5. The second kappa shape index (κ2) is 5.17. The van der Waals surface area contributed by atoms with Crippen LogP contribution in [0, 0.1) is 0 Å². The van der Waals surface area contributed by atoms with Crippen molar-refractivity contribution in [3.63, 3.8) is 0 Å². The van der Waals surface area contributed by atoms with Gasteiger partial charge in [-0.3, -0.25) is 0 Å². The molecule has 0 aliphatic rings. The first kappa shape index (κ1) is 13.2. The molecule has 0 fully saturated rings. The van der Waals surface area contributed by atoms with E-state index in [2.05, 4.69) is 10.3 Å². The molecular formula is C11H11F3N4O. The number of nitrogens with one attached hydrogen (secondary N) is 2. The number of urea groups is 1. The molecule has 0 radical (unpaired) electrons. The quantitative estimate of drug-likeness (QED) is 0.893. The molecule has 0 saturated heterocycles. The van der Waals surface area contributed by atoms with Gasteiger partial charge in [0.2, 0.25) is 0 Å². The smallest absolute Gasteiger partial charge is 0.332 e. The van der Waals surface area contributed by atoms with Crippen molar-refractivity contribution in [3.05, 3.63) is 36.3 Å². The molecule has 0 aliphatic carbocycles. The highest BCUT2D eigenvalue weighted by molar-refractivity contribution is 5.73. The molecular weight excluding hydrogens is 261 g/mol. The monoisotopic (exact) mass is 272 g/mol. The zero-order chi connectivity index (χ0) is 13.9. The van der Waals surface area contributed by atoms with E-state index in [1.165, 1.54) is 0 Å². The van der Waals surface area contributed by atoms with Crippen molar-refractivity contribution < 1.29 is 18.0 Å². The van der Waals surface area contributed by atoms with Crippen LogP contribution in [0.2, 0.25) is 0 Å². The lowest BCUT2D eigenvalue weighted by atomic mass is 10.5. The number of fused-ring (bicyclic) bond motifs is 1. The van der Waals surface area contributed by atoms with E-state index >= 15 is 0 Å². The lowest BCUT2D eigenvalue weighted by molar-refractivity contribution is -0.122. The number of imidazole rings is 1. The number of hydrogen-bond acceptors (Lipinski definition) is 2. The molecule has 2 aromatic heterocycles. The molecule has 2 N–H and O–H groups in total. The molecule has 5 nitrogen and oxygen atoms in total. The van der Waals surface area contributed by atoms with E-state index < -0.39 is 18.8 Å². The second-order valence-corrected chi connectivity index (χ2v) is 3.85. The van der Waals surface area contributed by atoms with Gasteiger partial charge in [0.1, 0.15) is 12.2 Å². The molecule has 0 atom stereocenters. The average Bonchev–Trinajstić information content (AvgIpc) is 2.75. The molecule has 0 unspecified atom stereocenters. The lowest BCUT2D eigenvalue weighted by Crippen LogP contribution is -2.40. The van der Waals surface area contributed by atoms with Crippen molar-refractivity contribution in [1.29, 1.82) is 0 Å². The van der Waals surface area contributed by atoms with Gasteiger partial charge in [-0.2, -0.15) is 13.2 Å². The van der Waals surface area contributed by atoms with Crippen molar-refractivity contribution in [2.24, 2.45) is 0 Å². The second-order valence-electron chi connectivity index (χ2n) is 3.85. The summed E-state index contributed by atoms with van der Waals surface area (Å²) in [6.45, 7) is -1.30.